The molecular formula is C16H20N4OS. The Labute approximate surface area is 134 Å². The van der Waals surface area contributed by atoms with E-state index in [1.165, 1.54) is 16.9 Å². The van der Waals surface area contributed by atoms with E-state index in [1.807, 2.05) is 31.0 Å². The molecule has 0 aromatic carbocycles. The number of hydrogen-bond donors (Lipinski definition) is 0. The van der Waals surface area contributed by atoms with E-state index in [0.29, 0.717) is 6.04 Å². The molecule has 0 radical (unpaired) electrons. The van der Waals surface area contributed by atoms with Gasteiger partial charge in [0.1, 0.15) is 4.88 Å². The Morgan fingerprint density at radius 1 is 1.45 bits per heavy atom. The SMILES string of the molecule is Cc1nc(C)c(C(=O)N2CC(N(C)Cc3cccnc3)C2)s1. The van der Waals surface area contributed by atoms with Gasteiger partial charge in [-0.25, -0.2) is 4.98 Å². The predicted molar refractivity (Wildman–Crippen MR) is 87.0 cm³/mol. The third-order valence-corrected chi connectivity index (χ3v) is 5.09. The second-order valence-electron chi connectivity index (χ2n) is 5.79. The van der Waals surface area contributed by atoms with E-state index in [9.17, 15) is 4.79 Å². The molecule has 0 N–H and O–H groups in total. The summed E-state index contributed by atoms with van der Waals surface area (Å²) in [7, 11) is 2.10. The number of thiazole rings is 1. The molecule has 2 aromatic rings. The molecule has 1 amide bonds. The van der Waals surface area contributed by atoms with E-state index < -0.39 is 0 Å². The molecular weight excluding hydrogens is 296 g/mol. The summed E-state index contributed by atoms with van der Waals surface area (Å²) in [6, 6.07) is 4.45. The van der Waals surface area contributed by atoms with Crippen LogP contribution in [-0.4, -0.2) is 51.9 Å². The standard InChI is InChI=1S/C16H20N4OS/c1-11-15(22-12(2)18-11)16(21)20-9-14(10-20)19(3)8-13-5-4-6-17-7-13/h4-7,14H,8-10H2,1-3H3. The summed E-state index contributed by atoms with van der Waals surface area (Å²) in [6.07, 6.45) is 3.67. The van der Waals surface area contributed by atoms with Crippen LogP contribution in [0.1, 0.15) is 25.9 Å². The molecule has 0 saturated carbocycles. The smallest absolute Gasteiger partial charge is 0.265 e. The van der Waals surface area contributed by atoms with Crippen molar-refractivity contribution >= 4 is 17.2 Å². The Morgan fingerprint density at radius 2 is 2.23 bits per heavy atom. The lowest BCUT2D eigenvalue weighted by atomic mass is 10.1. The first kappa shape index (κ1) is 15.1. The summed E-state index contributed by atoms with van der Waals surface area (Å²) in [5.74, 6) is 0.120. The van der Waals surface area contributed by atoms with Crippen LogP contribution in [-0.2, 0) is 6.54 Å². The molecule has 2 aromatic heterocycles. The highest BCUT2D eigenvalue weighted by atomic mass is 32.1. The minimum absolute atomic E-state index is 0.120. The van der Waals surface area contributed by atoms with E-state index in [2.05, 4.69) is 28.0 Å². The van der Waals surface area contributed by atoms with Gasteiger partial charge in [-0.1, -0.05) is 6.07 Å². The van der Waals surface area contributed by atoms with Crippen LogP contribution in [0.3, 0.4) is 0 Å². The van der Waals surface area contributed by atoms with Gasteiger partial charge in [-0.15, -0.1) is 11.3 Å². The fourth-order valence-corrected chi connectivity index (χ4v) is 3.57. The molecule has 0 unspecified atom stereocenters. The topological polar surface area (TPSA) is 49.3 Å². The molecule has 3 rings (SSSR count). The highest BCUT2D eigenvalue weighted by Gasteiger charge is 2.35. The summed E-state index contributed by atoms with van der Waals surface area (Å²) >= 11 is 1.49. The van der Waals surface area contributed by atoms with Gasteiger partial charge in [-0.2, -0.15) is 0 Å². The van der Waals surface area contributed by atoms with E-state index in [1.54, 1.807) is 6.20 Å². The van der Waals surface area contributed by atoms with Crippen molar-refractivity contribution in [2.24, 2.45) is 0 Å². The number of rotatable bonds is 4. The largest absolute Gasteiger partial charge is 0.335 e. The van der Waals surface area contributed by atoms with Crippen LogP contribution in [0.2, 0.25) is 0 Å². The van der Waals surface area contributed by atoms with Crippen LogP contribution in [0.25, 0.3) is 0 Å². The van der Waals surface area contributed by atoms with Crippen molar-refractivity contribution in [3.05, 3.63) is 45.7 Å². The number of likely N-dealkylation sites (N-methyl/N-ethyl adjacent to an activating group) is 1. The van der Waals surface area contributed by atoms with Crippen LogP contribution < -0.4 is 0 Å². The van der Waals surface area contributed by atoms with Gasteiger partial charge in [0.05, 0.1) is 10.7 Å². The van der Waals surface area contributed by atoms with Crippen LogP contribution in [0, 0.1) is 13.8 Å². The van der Waals surface area contributed by atoms with E-state index in [0.717, 1.165) is 35.2 Å². The van der Waals surface area contributed by atoms with Gasteiger partial charge >= 0.3 is 0 Å². The van der Waals surface area contributed by atoms with Crippen molar-refractivity contribution in [1.29, 1.82) is 0 Å². The highest BCUT2D eigenvalue weighted by Crippen LogP contribution is 2.23. The van der Waals surface area contributed by atoms with Crippen LogP contribution in [0.15, 0.2) is 24.5 Å². The van der Waals surface area contributed by atoms with Gasteiger partial charge in [0, 0.05) is 38.1 Å². The Balaban J connectivity index is 1.55. The Kier molecular flexibility index (Phi) is 4.22. The quantitative estimate of drug-likeness (QED) is 0.867. The van der Waals surface area contributed by atoms with Gasteiger partial charge in [0.2, 0.25) is 0 Å². The number of carbonyl (C=O) groups is 1. The average molecular weight is 316 g/mol. The van der Waals surface area contributed by atoms with E-state index in [-0.39, 0.29) is 5.91 Å². The highest BCUT2D eigenvalue weighted by molar-refractivity contribution is 7.13. The molecule has 22 heavy (non-hydrogen) atoms. The lowest BCUT2D eigenvalue weighted by Gasteiger charge is -2.43. The molecule has 116 valence electrons. The lowest BCUT2D eigenvalue weighted by Crippen LogP contribution is -2.59. The maximum absolute atomic E-state index is 12.5. The summed E-state index contributed by atoms with van der Waals surface area (Å²) in [4.78, 5) is 25.9. The number of nitrogens with zero attached hydrogens (tertiary/aromatic N) is 4. The number of aromatic nitrogens is 2. The first-order valence-electron chi connectivity index (χ1n) is 7.37. The average Bonchev–Trinajstić information content (AvgIpc) is 2.77. The Morgan fingerprint density at radius 3 is 2.82 bits per heavy atom. The summed E-state index contributed by atoms with van der Waals surface area (Å²) in [5, 5.41) is 0.951. The maximum atomic E-state index is 12.5. The number of amides is 1. The summed E-state index contributed by atoms with van der Waals surface area (Å²) < 4.78 is 0. The van der Waals surface area contributed by atoms with Crippen molar-refractivity contribution < 1.29 is 4.79 Å². The number of hydrogen-bond acceptors (Lipinski definition) is 5. The number of likely N-dealkylation sites (tertiary alicyclic amines) is 1. The fourth-order valence-electron chi connectivity index (χ4n) is 2.68. The van der Waals surface area contributed by atoms with Gasteiger partial charge in [0.15, 0.2) is 0 Å². The lowest BCUT2D eigenvalue weighted by molar-refractivity contribution is 0.0324. The molecule has 0 spiro atoms. The Bertz CT molecular complexity index is 664. The molecule has 0 aliphatic carbocycles. The summed E-state index contributed by atoms with van der Waals surface area (Å²) in [5.41, 5.74) is 2.04. The van der Waals surface area contributed by atoms with Crippen molar-refractivity contribution in [3.63, 3.8) is 0 Å². The van der Waals surface area contributed by atoms with Crippen LogP contribution in [0.4, 0.5) is 0 Å². The molecule has 6 heteroatoms. The normalized spacial score (nSPS) is 15.2. The maximum Gasteiger partial charge on any atom is 0.265 e. The van der Waals surface area contributed by atoms with Gasteiger partial charge in [0.25, 0.3) is 5.91 Å². The zero-order valence-electron chi connectivity index (χ0n) is 13.1. The zero-order chi connectivity index (χ0) is 15.7. The molecule has 0 atom stereocenters. The minimum Gasteiger partial charge on any atom is -0.335 e. The minimum atomic E-state index is 0.120. The molecule has 1 saturated heterocycles. The van der Waals surface area contributed by atoms with Crippen molar-refractivity contribution in [3.8, 4) is 0 Å². The second-order valence-corrected chi connectivity index (χ2v) is 6.99. The Hall–Kier alpha value is -1.79. The number of aryl methyl sites for hydroxylation is 2. The van der Waals surface area contributed by atoms with Gasteiger partial charge in [-0.3, -0.25) is 14.7 Å². The van der Waals surface area contributed by atoms with Crippen molar-refractivity contribution in [2.75, 3.05) is 20.1 Å². The van der Waals surface area contributed by atoms with E-state index in [4.69, 9.17) is 0 Å². The van der Waals surface area contributed by atoms with Crippen LogP contribution >= 0.6 is 11.3 Å². The van der Waals surface area contributed by atoms with Gasteiger partial charge in [-0.05, 0) is 32.5 Å². The predicted octanol–water partition coefficient (Wildman–Crippen LogP) is 2.11. The molecule has 3 heterocycles. The number of pyridine rings is 1. The monoisotopic (exact) mass is 316 g/mol. The molecule has 1 aliphatic rings. The third kappa shape index (κ3) is 3.03. The van der Waals surface area contributed by atoms with Crippen LogP contribution in [0.5, 0.6) is 0 Å². The van der Waals surface area contributed by atoms with Crippen molar-refractivity contribution in [1.82, 2.24) is 19.8 Å². The molecule has 0 bridgehead atoms. The first-order chi connectivity index (χ1) is 10.5. The zero-order valence-corrected chi connectivity index (χ0v) is 13.9. The fraction of sp³-hybridized carbons (Fsp3) is 0.438. The molecule has 5 nitrogen and oxygen atoms in total. The molecule has 1 fully saturated rings. The first-order valence-corrected chi connectivity index (χ1v) is 8.18. The van der Waals surface area contributed by atoms with Gasteiger partial charge < -0.3 is 4.90 Å². The third-order valence-electron chi connectivity index (χ3n) is 4.03. The summed E-state index contributed by atoms with van der Waals surface area (Å²) in [6.45, 7) is 6.27. The van der Waals surface area contributed by atoms with Crippen molar-refractivity contribution in [2.45, 2.75) is 26.4 Å². The number of carbonyl (C=O) groups excluding carboxylic acids is 1. The van der Waals surface area contributed by atoms with E-state index >= 15 is 0 Å². The molecule has 1 aliphatic heterocycles. The second kappa shape index (κ2) is 6.14.